The molecule has 0 saturated carbocycles. The number of hydrogen-bond donors (Lipinski definition) is 1. The van der Waals surface area contributed by atoms with Gasteiger partial charge >= 0.3 is 0 Å². The molecule has 0 aliphatic carbocycles. The van der Waals surface area contributed by atoms with E-state index in [2.05, 4.69) is 35.1 Å². The molecule has 0 atom stereocenters. The van der Waals surface area contributed by atoms with Crippen molar-refractivity contribution < 1.29 is 4.39 Å². The Kier molecular flexibility index (Phi) is 4.99. The lowest BCUT2D eigenvalue weighted by Crippen LogP contribution is -2.22. The third-order valence-corrected chi connectivity index (χ3v) is 2.40. The van der Waals surface area contributed by atoms with Crippen LogP contribution >= 0.6 is 15.9 Å². The first-order valence-corrected chi connectivity index (χ1v) is 5.74. The topological polar surface area (TPSA) is 12.0 Å². The molecule has 3 heteroatoms. The number of hydrogen-bond acceptors (Lipinski definition) is 1. The number of rotatable bonds is 4. The van der Waals surface area contributed by atoms with Crippen molar-refractivity contribution in [1.82, 2.24) is 5.32 Å². The Balaban J connectivity index is 2.57. The summed E-state index contributed by atoms with van der Waals surface area (Å²) >= 11 is 3.22. The highest BCUT2D eigenvalue weighted by molar-refractivity contribution is 9.10. The van der Waals surface area contributed by atoms with Gasteiger partial charge in [0.25, 0.3) is 0 Å². The zero-order valence-corrected chi connectivity index (χ0v) is 10.5. The van der Waals surface area contributed by atoms with Crippen LogP contribution in [0.1, 0.15) is 19.4 Å². The second-order valence-electron chi connectivity index (χ2n) is 3.63. The average molecular weight is 272 g/mol. The van der Waals surface area contributed by atoms with Crippen molar-refractivity contribution in [3.05, 3.63) is 40.1 Å². The summed E-state index contributed by atoms with van der Waals surface area (Å²) in [4.78, 5) is 0. The van der Waals surface area contributed by atoms with Crippen molar-refractivity contribution in [2.24, 2.45) is 0 Å². The van der Waals surface area contributed by atoms with Crippen LogP contribution in [0, 0.1) is 5.82 Å². The molecule has 0 aromatic heterocycles. The van der Waals surface area contributed by atoms with Crippen molar-refractivity contribution in [2.45, 2.75) is 19.9 Å². The van der Waals surface area contributed by atoms with Crippen molar-refractivity contribution in [1.29, 1.82) is 0 Å². The molecule has 15 heavy (non-hydrogen) atoms. The van der Waals surface area contributed by atoms with Crippen LogP contribution in [0.5, 0.6) is 0 Å². The van der Waals surface area contributed by atoms with Gasteiger partial charge < -0.3 is 5.32 Å². The summed E-state index contributed by atoms with van der Waals surface area (Å²) in [5.74, 6) is -0.204. The third-order valence-electron chi connectivity index (χ3n) is 1.90. The van der Waals surface area contributed by atoms with Crippen LogP contribution in [-0.2, 0) is 0 Å². The molecule has 0 fully saturated rings. The van der Waals surface area contributed by atoms with E-state index < -0.39 is 0 Å². The summed E-state index contributed by atoms with van der Waals surface area (Å²) in [6.07, 6.45) is 3.71. The molecule has 0 spiro atoms. The minimum absolute atomic E-state index is 0.204. The molecule has 0 amide bonds. The van der Waals surface area contributed by atoms with E-state index in [-0.39, 0.29) is 5.82 Å². The largest absolute Gasteiger partial charge is 0.311 e. The van der Waals surface area contributed by atoms with Gasteiger partial charge in [-0.2, -0.15) is 0 Å². The second-order valence-corrected chi connectivity index (χ2v) is 4.55. The lowest BCUT2D eigenvalue weighted by Gasteiger charge is -2.03. The van der Waals surface area contributed by atoms with E-state index in [1.807, 2.05) is 12.1 Å². The van der Waals surface area contributed by atoms with Gasteiger partial charge in [-0.25, -0.2) is 4.39 Å². The Morgan fingerprint density at radius 2 is 2.20 bits per heavy atom. The molecule has 0 aliphatic rings. The average Bonchev–Trinajstić information content (AvgIpc) is 2.14. The molecule has 0 radical (unpaired) electrons. The maximum Gasteiger partial charge on any atom is 0.131 e. The van der Waals surface area contributed by atoms with Crippen LogP contribution in [0.2, 0.25) is 0 Å². The molecule has 1 aromatic carbocycles. The van der Waals surface area contributed by atoms with Crippen molar-refractivity contribution in [2.75, 3.05) is 6.54 Å². The van der Waals surface area contributed by atoms with Gasteiger partial charge in [-0.1, -0.05) is 48.0 Å². The van der Waals surface area contributed by atoms with E-state index in [0.29, 0.717) is 11.6 Å². The van der Waals surface area contributed by atoms with Crippen LogP contribution < -0.4 is 5.32 Å². The Morgan fingerprint density at radius 1 is 1.47 bits per heavy atom. The highest BCUT2D eigenvalue weighted by atomic mass is 79.9. The first-order valence-electron chi connectivity index (χ1n) is 4.94. The smallest absolute Gasteiger partial charge is 0.131 e. The van der Waals surface area contributed by atoms with Gasteiger partial charge in [-0.05, 0) is 12.1 Å². The van der Waals surface area contributed by atoms with E-state index in [4.69, 9.17) is 0 Å². The minimum atomic E-state index is -0.204. The van der Waals surface area contributed by atoms with Crippen LogP contribution in [0.4, 0.5) is 4.39 Å². The molecule has 1 N–H and O–H groups in total. The van der Waals surface area contributed by atoms with Crippen LogP contribution in [-0.4, -0.2) is 12.6 Å². The molecule has 1 rings (SSSR count). The molecule has 0 heterocycles. The second kappa shape index (κ2) is 6.03. The normalized spacial score (nSPS) is 11.5. The molecule has 1 nitrogen and oxygen atoms in total. The van der Waals surface area contributed by atoms with Crippen LogP contribution in [0.15, 0.2) is 28.7 Å². The molecule has 0 aliphatic heterocycles. The van der Waals surface area contributed by atoms with Crippen molar-refractivity contribution >= 4 is 22.0 Å². The first-order chi connectivity index (χ1) is 7.09. The zero-order chi connectivity index (χ0) is 11.3. The fourth-order valence-electron chi connectivity index (χ4n) is 1.13. The molecule has 0 bridgehead atoms. The van der Waals surface area contributed by atoms with E-state index in [9.17, 15) is 4.39 Å². The van der Waals surface area contributed by atoms with Gasteiger partial charge in [0.05, 0.1) is 0 Å². The predicted molar refractivity (Wildman–Crippen MR) is 66.3 cm³/mol. The van der Waals surface area contributed by atoms with Crippen molar-refractivity contribution in [3.8, 4) is 0 Å². The third kappa shape index (κ3) is 4.58. The molecular weight excluding hydrogens is 257 g/mol. The van der Waals surface area contributed by atoms with E-state index >= 15 is 0 Å². The number of benzene rings is 1. The van der Waals surface area contributed by atoms with Gasteiger partial charge in [0.1, 0.15) is 5.82 Å². The van der Waals surface area contributed by atoms with Gasteiger partial charge in [-0.3, -0.25) is 0 Å². The Bertz CT molecular complexity index is 347. The Hall–Kier alpha value is -0.670. The predicted octanol–water partition coefficient (Wildman–Crippen LogP) is 3.60. The fourth-order valence-corrected chi connectivity index (χ4v) is 1.46. The van der Waals surface area contributed by atoms with Crippen LogP contribution in [0.3, 0.4) is 0 Å². The van der Waals surface area contributed by atoms with Gasteiger partial charge in [0.2, 0.25) is 0 Å². The molecule has 82 valence electrons. The minimum Gasteiger partial charge on any atom is -0.311 e. The van der Waals surface area contributed by atoms with Gasteiger partial charge in [-0.15, -0.1) is 0 Å². The monoisotopic (exact) mass is 271 g/mol. The Morgan fingerprint density at radius 3 is 2.80 bits per heavy atom. The standard InChI is InChI=1S/C12H15BrFN/c1-9(2)15-7-3-4-10-5-6-11(13)8-12(10)14/h3-6,8-9,15H,7H2,1-2H3. The van der Waals surface area contributed by atoms with E-state index in [0.717, 1.165) is 11.0 Å². The van der Waals surface area contributed by atoms with E-state index in [1.54, 1.807) is 12.1 Å². The lowest BCUT2D eigenvalue weighted by atomic mass is 10.2. The summed E-state index contributed by atoms with van der Waals surface area (Å²) in [6, 6.07) is 5.50. The number of nitrogens with one attached hydrogen (secondary N) is 1. The molecule has 0 unspecified atom stereocenters. The summed E-state index contributed by atoms with van der Waals surface area (Å²) in [6.45, 7) is 4.91. The van der Waals surface area contributed by atoms with Crippen molar-refractivity contribution in [3.63, 3.8) is 0 Å². The quantitative estimate of drug-likeness (QED) is 0.883. The molecular formula is C12H15BrFN. The maximum atomic E-state index is 13.3. The highest BCUT2D eigenvalue weighted by Gasteiger charge is 1.98. The SMILES string of the molecule is CC(C)NCC=Cc1ccc(Br)cc1F. The summed E-state index contributed by atoms with van der Waals surface area (Å²) in [7, 11) is 0. The van der Waals surface area contributed by atoms with Gasteiger partial charge in [0, 0.05) is 22.6 Å². The summed E-state index contributed by atoms with van der Waals surface area (Å²) < 4.78 is 14.1. The highest BCUT2D eigenvalue weighted by Crippen LogP contribution is 2.16. The number of halogens is 2. The maximum absolute atomic E-state index is 13.3. The lowest BCUT2D eigenvalue weighted by molar-refractivity contribution is 0.623. The fraction of sp³-hybridized carbons (Fsp3) is 0.333. The van der Waals surface area contributed by atoms with Crippen LogP contribution in [0.25, 0.3) is 6.08 Å². The first kappa shape index (κ1) is 12.4. The van der Waals surface area contributed by atoms with E-state index in [1.165, 1.54) is 6.07 Å². The summed E-state index contributed by atoms with van der Waals surface area (Å²) in [5.41, 5.74) is 0.615. The molecule has 0 saturated heterocycles. The Labute approximate surface area is 98.5 Å². The van der Waals surface area contributed by atoms with Gasteiger partial charge in [0.15, 0.2) is 0 Å². The zero-order valence-electron chi connectivity index (χ0n) is 8.93. The molecule has 1 aromatic rings. The summed E-state index contributed by atoms with van der Waals surface area (Å²) in [5, 5.41) is 3.23.